The maximum Gasteiger partial charge on any atom is 0.340 e. The molecule has 2 rings (SSSR count). The van der Waals surface area contributed by atoms with Gasteiger partial charge in [0.25, 0.3) is 5.69 Å². The molecule has 0 aliphatic carbocycles. The molecule has 0 fully saturated rings. The van der Waals surface area contributed by atoms with Gasteiger partial charge in [-0.05, 0) is 37.1 Å². The number of methoxy groups -OCH3 is 1. The van der Waals surface area contributed by atoms with Gasteiger partial charge in [0.1, 0.15) is 6.20 Å². The number of esters is 1. The molecule has 0 saturated heterocycles. The van der Waals surface area contributed by atoms with Crippen molar-refractivity contribution in [2.45, 2.75) is 26.7 Å². The second kappa shape index (κ2) is 10.8. The highest BCUT2D eigenvalue weighted by molar-refractivity contribution is 5.94. The number of carbonyl (C=O) groups excluding carboxylic acids is 1. The molecule has 154 valence electrons. The molecule has 8 heteroatoms. The number of unbranched alkanes of at least 4 members (excludes halogenated alkanes) is 1. The van der Waals surface area contributed by atoms with E-state index in [2.05, 4.69) is 11.9 Å². The number of hydrogen-bond donors (Lipinski definition) is 0. The summed E-state index contributed by atoms with van der Waals surface area (Å²) in [6.45, 7) is 5.09. The molecule has 0 amide bonds. The Morgan fingerprint density at radius 1 is 1.17 bits per heavy atom. The van der Waals surface area contributed by atoms with E-state index >= 15 is 0 Å². The van der Waals surface area contributed by atoms with Gasteiger partial charge in [-0.1, -0.05) is 25.5 Å². The predicted molar refractivity (Wildman–Crippen MR) is 109 cm³/mol. The van der Waals surface area contributed by atoms with Crippen molar-refractivity contribution < 1.29 is 23.9 Å². The van der Waals surface area contributed by atoms with E-state index < -0.39 is 10.9 Å². The summed E-state index contributed by atoms with van der Waals surface area (Å²) in [4.78, 5) is 26.3. The van der Waals surface area contributed by atoms with Gasteiger partial charge in [-0.25, -0.2) is 9.78 Å². The average Bonchev–Trinajstić information content (AvgIpc) is 2.73. The fourth-order valence-corrected chi connectivity index (χ4v) is 2.49. The fourth-order valence-electron chi connectivity index (χ4n) is 2.49. The van der Waals surface area contributed by atoms with Crippen LogP contribution in [0, 0.1) is 10.1 Å². The molecular formula is C21H24N2O6. The molecule has 1 aromatic carbocycles. The lowest BCUT2D eigenvalue weighted by Crippen LogP contribution is -2.06. The Morgan fingerprint density at radius 3 is 2.62 bits per heavy atom. The van der Waals surface area contributed by atoms with Crippen molar-refractivity contribution >= 4 is 23.8 Å². The van der Waals surface area contributed by atoms with Crippen LogP contribution in [0.25, 0.3) is 12.2 Å². The second-order valence-corrected chi connectivity index (χ2v) is 6.05. The molecule has 0 aliphatic rings. The highest BCUT2D eigenvalue weighted by Crippen LogP contribution is 2.29. The maximum atomic E-state index is 12.0. The van der Waals surface area contributed by atoms with Gasteiger partial charge >= 0.3 is 5.97 Å². The zero-order valence-electron chi connectivity index (χ0n) is 16.7. The summed E-state index contributed by atoms with van der Waals surface area (Å²) in [7, 11) is 1.21. The summed E-state index contributed by atoms with van der Waals surface area (Å²) in [6, 6.07) is 6.65. The van der Waals surface area contributed by atoms with Crippen LogP contribution in [0.4, 0.5) is 5.69 Å². The number of pyridine rings is 1. The lowest BCUT2D eigenvalue weighted by Gasteiger charge is -2.12. The quantitative estimate of drug-likeness (QED) is 0.250. The van der Waals surface area contributed by atoms with Crippen LogP contribution in [0.2, 0.25) is 0 Å². The van der Waals surface area contributed by atoms with E-state index in [1.807, 2.05) is 25.1 Å². The van der Waals surface area contributed by atoms with Gasteiger partial charge < -0.3 is 14.2 Å². The van der Waals surface area contributed by atoms with Gasteiger partial charge in [-0.3, -0.25) is 10.1 Å². The lowest BCUT2D eigenvalue weighted by molar-refractivity contribution is -0.385. The minimum absolute atomic E-state index is 0.0162. The summed E-state index contributed by atoms with van der Waals surface area (Å²) in [5, 5.41) is 10.9. The molecule has 1 heterocycles. The van der Waals surface area contributed by atoms with Crippen molar-refractivity contribution in [2.24, 2.45) is 0 Å². The van der Waals surface area contributed by atoms with Gasteiger partial charge in [-0.15, -0.1) is 0 Å². The molecule has 0 N–H and O–H groups in total. The number of carbonyl (C=O) groups is 1. The van der Waals surface area contributed by atoms with Crippen LogP contribution < -0.4 is 9.47 Å². The predicted octanol–water partition coefficient (Wildman–Crippen LogP) is 4.52. The summed E-state index contributed by atoms with van der Waals surface area (Å²) in [6.07, 6.45) is 6.42. The topological polar surface area (TPSA) is 101 Å². The lowest BCUT2D eigenvalue weighted by atomic mass is 10.1. The smallest absolute Gasteiger partial charge is 0.340 e. The summed E-state index contributed by atoms with van der Waals surface area (Å²) in [5.74, 6) is 0.590. The molecule has 0 atom stereocenters. The molecule has 0 radical (unpaired) electrons. The van der Waals surface area contributed by atoms with Crippen molar-refractivity contribution in [3.8, 4) is 11.5 Å². The molecule has 2 aromatic rings. The largest absolute Gasteiger partial charge is 0.490 e. The maximum absolute atomic E-state index is 12.0. The van der Waals surface area contributed by atoms with Crippen molar-refractivity contribution in [2.75, 3.05) is 20.3 Å². The Morgan fingerprint density at radius 2 is 1.97 bits per heavy atom. The second-order valence-electron chi connectivity index (χ2n) is 6.05. The first-order valence-electron chi connectivity index (χ1n) is 9.30. The Kier molecular flexibility index (Phi) is 8.14. The van der Waals surface area contributed by atoms with E-state index in [0.29, 0.717) is 24.7 Å². The van der Waals surface area contributed by atoms with E-state index in [-0.39, 0.29) is 16.9 Å². The minimum atomic E-state index is -0.699. The Bertz CT molecular complexity index is 895. The number of nitro groups is 1. The van der Waals surface area contributed by atoms with Crippen molar-refractivity contribution in [3.63, 3.8) is 0 Å². The minimum Gasteiger partial charge on any atom is -0.490 e. The monoisotopic (exact) mass is 400 g/mol. The summed E-state index contributed by atoms with van der Waals surface area (Å²) >= 11 is 0. The number of ether oxygens (including phenoxy) is 3. The van der Waals surface area contributed by atoms with Crippen molar-refractivity contribution in [1.82, 2.24) is 4.98 Å². The standard InChI is InChI=1S/C21H24N2O6/c1-4-6-11-29-19-10-8-15(12-20(19)28-5-2)7-9-18-17(21(24)27-3)13-16(14-22-18)23(25)26/h7-10,12-14H,4-6,11H2,1-3H3. The van der Waals surface area contributed by atoms with Gasteiger partial charge in [0.05, 0.1) is 36.5 Å². The van der Waals surface area contributed by atoms with Crippen molar-refractivity contribution in [1.29, 1.82) is 0 Å². The highest BCUT2D eigenvalue weighted by atomic mass is 16.6. The van der Waals surface area contributed by atoms with Gasteiger partial charge in [0.2, 0.25) is 0 Å². The third kappa shape index (κ3) is 6.03. The molecule has 0 aliphatic heterocycles. The normalized spacial score (nSPS) is 10.7. The first kappa shape index (κ1) is 21.9. The molecule has 0 spiro atoms. The molecule has 0 unspecified atom stereocenters. The molecule has 0 saturated carbocycles. The highest BCUT2D eigenvalue weighted by Gasteiger charge is 2.17. The molecule has 1 aromatic heterocycles. The SMILES string of the molecule is CCCCOc1ccc(C=Cc2ncc([N+](=O)[O-])cc2C(=O)OC)cc1OCC. The number of nitrogens with zero attached hydrogens (tertiary/aromatic N) is 2. The first-order valence-corrected chi connectivity index (χ1v) is 9.30. The molecule has 0 bridgehead atoms. The fraction of sp³-hybridized carbons (Fsp3) is 0.333. The van der Waals surface area contributed by atoms with Crippen LogP contribution in [-0.2, 0) is 4.74 Å². The third-order valence-corrected chi connectivity index (χ3v) is 3.98. The Balaban J connectivity index is 2.31. The van der Waals surface area contributed by atoms with Gasteiger partial charge in [-0.2, -0.15) is 0 Å². The van der Waals surface area contributed by atoms with Gasteiger partial charge in [0, 0.05) is 6.07 Å². The van der Waals surface area contributed by atoms with E-state index in [1.165, 1.54) is 7.11 Å². The zero-order valence-corrected chi connectivity index (χ0v) is 16.7. The van der Waals surface area contributed by atoms with Crippen LogP contribution in [0.1, 0.15) is 48.3 Å². The number of aromatic nitrogens is 1. The van der Waals surface area contributed by atoms with Gasteiger partial charge in [0.15, 0.2) is 11.5 Å². The van der Waals surface area contributed by atoms with E-state index in [9.17, 15) is 14.9 Å². The van der Waals surface area contributed by atoms with E-state index in [0.717, 1.165) is 30.7 Å². The van der Waals surface area contributed by atoms with Crippen LogP contribution in [0.5, 0.6) is 11.5 Å². The van der Waals surface area contributed by atoms with Crippen LogP contribution in [0.15, 0.2) is 30.5 Å². The zero-order chi connectivity index (χ0) is 21.2. The first-order chi connectivity index (χ1) is 14.0. The Hall–Kier alpha value is -3.42. The van der Waals surface area contributed by atoms with Crippen LogP contribution in [-0.4, -0.2) is 36.2 Å². The van der Waals surface area contributed by atoms with E-state index in [4.69, 9.17) is 14.2 Å². The Labute approximate surface area is 169 Å². The molecule has 29 heavy (non-hydrogen) atoms. The third-order valence-electron chi connectivity index (χ3n) is 3.98. The summed E-state index contributed by atoms with van der Waals surface area (Å²) < 4.78 is 16.1. The van der Waals surface area contributed by atoms with Crippen molar-refractivity contribution in [3.05, 3.63) is 57.4 Å². The molecular weight excluding hydrogens is 376 g/mol. The average molecular weight is 400 g/mol. The van der Waals surface area contributed by atoms with Crippen LogP contribution in [0.3, 0.4) is 0 Å². The number of rotatable bonds is 10. The molecule has 8 nitrogen and oxygen atoms in total. The number of hydrogen-bond acceptors (Lipinski definition) is 7. The van der Waals surface area contributed by atoms with Crippen LogP contribution >= 0.6 is 0 Å². The van der Waals surface area contributed by atoms with E-state index in [1.54, 1.807) is 12.2 Å². The summed E-state index contributed by atoms with van der Waals surface area (Å²) in [5.41, 5.74) is 0.799. The number of benzene rings is 1.